The van der Waals surface area contributed by atoms with Crippen LogP contribution in [0, 0.1) is 11.3 Å². The molecule has 0 atom stereocenters. The SMILES string of the molecule is CC1(c2ccc(C#N)cc2OS(=O)(=O)C(F)(F)F)OCCO1. The molecule has 120 valence electrons. The Kier molecular flexibility index (Phi) is 4.08. The predicted molar refractivity (Wildman–Crippen MR) is 66.0 cm³/mol. The first-order valence-corrected chi connectivity index (χ1v) is 7.33. The van der Waals surface area contributed by atoms with Crippen molar-refractivity contribution in [1.82, 2.24) is 0 Å². The van der Waals surface area contributed by atoms with Crippen LogP contribution in [0.2, 0.25) is 0 Å². The van der Waals surface area contributed by atoms with Crippen LogP contribution in [0.5, 0.6) is 5.75 Å². The average molecular weight is 337 g/mol. The summed E-state index contributed by atoms with van der Waals surface area (Å²) in [6, 6.07) is 5.09. The molecule has 1 aromatic rings. The smallest absolute Gasteiger partial charge is 0.375 e. The minimum absolute atomic E-state index is 0.0585. The van der Waals surface area contributed by atoms with Crippen molar-refractivity contribution < 1.29 is 35.2 Å². The number of hydrogen-bond acceptors (Lipinski definition) is 6. The van der Waals surface area contributed by atoms with Crippen LogP contribution in [0.4, 0.5) is 13.2 Å². The van der Waals surface area contributed by atoms with Crippen LogP contribution in [-0.2, 0) is 25.4 Å². The molecule has 6 nitrogen and oxygen atoms in total. The highest BCUT2D eigenvalue weighted by Crippen LogP contribution is 2.39. The van der Waals surface area contributed by atoms with Gasteiger partial charge < -0.3 is 13.7 Å². The van der Waals surface area contributed by atoms with E-state index in [-0.39, 0.29) is 24.3 Å². The molecule has 0 saturated carbocycles. The molecule has 1 saturated heterocycles. The largest absolute Gasteiger partial charge is 0.534 e. The topological polar surface area (TPSA) is 85.6 Å². The van der Waals surface area contributed by atoms with E-state index in [1.807, 2.05) is 0 Å². The van der Waals surface area contributed by atoms with Crippen LogP contribution in [0.3, 0.4) is 0 Å². The fourth-order valence-electron chi connectivity index (χ4n) is 1.87. The Morgan fingerprint density at radius 2 is 1.91 bits per heavy atom. The highest BCUT2D eigenvalue weighted by molar-refractivity contribution is 7.88. The molecule has 1 aromatic carbocycles. The van der Waals surface area contributed by atoms with Crippen molar-refractivity contribution >= 4 is 10.1 Å². The molecule has 1 aliphatic rings. The molecule has 0 radical (unpaired) electrons. The maximum Gasteiger partial charge on any atom is 0.534 e. The number of rotatable bonds is 3. The summed E-state index contributed by atoms with van der Waals surface area (Å²) < 4.78 is 74.5. The predicted octanol–water partition coefficient (Wildman–Crippen LogP) is 2.01. The zero-order valence-corrected chi connectivity index (χ0v) is 12.0. The Morgan fingerprint density at radius 3 is 2.41 bits per heavy atom. The van der Waals surface area contributed by atoms with Crippen LogP contribution >= 0.6 is 0 Å². The summed E-state index contributed by atoms with van der Waals surface area (Å²) in [7, 11) is -5.88. The van der Waals surface area contributed by atoms with E-state index in [1.54, 1.807) is 6.07 Å². The fraction of sp³-hybridized carbons (Fsp3) is 0.417. The summed E-state index contributed by atoms with van der Waals surface area (Å²) in [6.07, 6.45) is 0. The molecule has 0 unspecified atom stereocenters. The maximum atomic E-state index is 12.5. The molecule has 10 heteroatoms. The summed E-state index contributed by atoms with van der Waals surface area (Å²) in [5, 5.41) is 8.80. The lowest BCUT2D eigenvalue weighted by Crippen LogP contribution is -2.30. The number of alkyl halides is 3. The number of nitrogens with zero attached hydrogens (tertiary/aromatic N) is 1. The van der Waals surface area contributed by atoms with Crippen molar-refractivity contribution in [1.29, 1.82) is 5.26 Å². The lowest BCUT2D eigenvalue weighted by atomic mass is 10.0. The summed E-state index contributed by atoms with van der Waals surface area (Å²) in [4.78, 5) is 0. The lowest BCUT2D eigenvalue weighted by molar-refractivity contribution is -0.150. The first kappa shape index (κ1) is 16.5. The fourth-order valence-corrected chi connectivity index (χ4v) is 2.34. The standard InChI is InChI=1S/C12H10F3NO5S/c1-11(19-4-5-20-11)9-3-2-8(7-16)6-10(9)21-22(17,18)12(13,14)15/h2-3,6H,4-5H2,1H3. The van der Waals surface area contributed by atoms with E-state index < -0.39 is 27.2 Å². The van der Waals surface area contributed by atoms with Crippen LogP contribution in [-0.4, -0.2) is 27.1 Å². The minimum atomic E-state index is -5.88. The lowest BCUT2D eigenvalue weighted by Gasteiger charge is -2.25. The summed E-state index contributed by atoms with van der Waals surface area (Å²) in [6.45, 7) is 1.78. The Bertz CT molecular complexity index is 717. The minimum Gasteiger partial charge on any atom is -0.375 e. The highest BCUT2D eigenvalue weighted by Gasteiger charge is 2.49. The highest BCUT2D eigenvalue weighted by atomic mass is 32.2. The molecular weight excluding hydrogens is 327 g/mol. The van der Waals surface area contributed by atoms with Gasteiger partial charge in [-0.2, -0.15) is 26.9 Å². The monoisotopic (exact) mass is 337 g/mol. The number of ether oxygens (including phenoxy) is 2. The van der Waals surface area contributed by atoms with E-state index in [9.17, 15) is 21.6 Å². The van der Waals surface area contributed by atoms with Gasteiger partial charge in [-0.3, -0.25) is 0 Å². The molecule has 1 heterocycles. The van der Waals surface area contributed by atoms with E-state index in [0.717, 1.165) is 6.07 Å². The van der Waals surface area contributed by atoms with Gasteiger partial charge in [0.05, 0.1) is 30.4 Å². The molecule has 0 aromatic heterocycles. The number of benzene rings is 1. The van der Waals surface area contributed by atoms with E-state index in [0.29, 0.717) is 0 Å². The van der Waals surface area contributed by atoms with Gasteiger partial charge in [0.1, 0.15) is 0 Å². The van der Waals surface area contributed by atoms with Crippen molar-refractivity contribution in [3.8, 4) is 11.8 Å². The maximum absolute atomic E-state index is 12.5. The normalized spacial score (nSPS) is 18.0. The first-order valence-electron chi connectivity index (χ1n) is 5.92. The van der Waals surface area contributed by atoms with Crippen LogP contribution < -0.4 is 4.18 Å². The molecule has 22 heavy (non-hydrogen) atoms. The van der Waals surface area contributed by atoms with Gasteiger partial charge in [-0.25, -0.2) is 0 Å². The number of halogens is 3. The Morgan fingerprint density at radius 1 is 1.32 bits per heavy atom. The molecule has 0 aliphatic carbocycles. The van der Waals surface area contributed by atoms with Crippen molar-refractivity contribution in [3.63, 3.8) is 0 Å². The van der Waals surface area contributed by atoms with Gasteiger partial charge in [-0.05, 0) is 19.1 Å². The summed E-state index contributed by atoms with van der Waals surface area (Å²) >= 11 is 0. The van der Waals surface area contributed by atoms with Gasteiger partial charge in [0.25, 0.3) is 0 Å². The van der Waals surface area contributed by atoms with Crippen molar-refractivity contribution in [2.75, 3.05) is 13.2 Å². The Balaban J connectivity index is 2.52. The Hall–Kier alpha value is -1.83. The second-order valence-electron chi connectivity index (χ2n) is 4.45. The molecular formula is C12H10F3NO5S. The second kappa shape index (κ2) is 5.42. The van der Waals surface area contributed by atoms with Gasteiger partial charge in [0, 0.05) is 6.07 Å². The van der Waals surface area contributed by atoms with Crippen LogP contribution in [0.1, 0.15) is 18.1 Å². The number of nitriles is 1. The molecule has 1 aliphatic heterocycles. The molecule has 0 amide bonds. The van der Waals surface area contributed by atoms with Crippen molar-refractivity contribution in [2.24, 2.45) is 0 Å². The van der Waals surface area contributed by atoms with E-state index in [2.05, 4.69) is 4.18 Å². The third-order valence-electron chi connectivity index (χ3n) is 2.92. The third-order valence-corrected chi connectivity index (χ3v) is 3.89. The van der Waals surface area contributed by atoms with Gasteiger partial charge in [0.2, 0.25) is 0 Å². The molecule has 1 fully saturated rings. The zero-order valence-electron chi connectivity index (χ0n) is 11.2. The van der Waals surface area contributed by atoms with E-state index in [4.69, 9.17) is 14.7 Å². The average Bonchev–Trinajstić information content (AvgIpc) is 2.84. The Labute approximate surface area is 124 Å². The second-order valence-corrected chi connectivity index (χ2v) is 5.99. The van der Waals surface area contributed by atoms with E-state index >= 15 is 0 Å². The molecule has 0 spiro atoms. The molecule has 0 N–H and O–H groups in total. The van der Waals surface area contributed by atoms with Crippen molar-refractivity contribution in [2.45, 2.75) is 18.2 Å². The summed E-state index contributed by atoms with van der Waals surface area (Å²) in [5.74, 6) is -2.12. The third kappa shape index (κ3) is 3.01. The van der Waals surface area contributed by atoms with Gasteiger partial charge in [-0.1, -0.05) is 0 Å². The van der Waals surface area contributed by atoms with Gasteiger partial charge >= 0.3 is 15.6 Å². The zero-order chi connectivity index (χ0) is 16.6. The summed E-state index contributed by atoms with van der Waals surface area (Å²) in [5.41, 5.74) is -5.72. The van der Waals surface area contributed by atoms with Gasteiger partial charge in [0.15, 0.2) is 11.5 Å². The van der Waals surface area contributed by atoms with Gasteiger partial charge in [-0.15, -0.1) is 0 Å². The van der Waals surface area contributed by atoms with E-state index in [1.165, 1.54) is 19.1 Å². The number of hydrogen-bond donors (Lipinski definition) is 0. The first-order chi connectivity index (χ1) is 10.1. The quantitative estimate of drug-likeness (QED) is 0.619. The van der Waals surface area contributed by atoms with Crippen molar-refractivity contribution in [3.05, 3.63) is 29.3 Å². The molecule has 0 bridgehead atoms. The molecule has 2 rings (SSSR count). The van der Waals surface area contributed by atoms with Crippen LogP contribution in [0.15, 0.2) is 18.2 Å². The van der Waals surface area contributed by atoms with Crippen LogP contribution in [0.25, 0.3) is 0 Å².